The molecule has 9 rings (SSSR count). The van der Waals surface area contributed by atoms with Crippen molar-refractivity contribution >= 4 is 44.6 Å². The SMILES string of the molecule is CC(C)(C)c1cc(N2CN(c3cccc(C(C)(C)c4ccc5c6cc(C(C)(C)C)ccc6n(-c6cc(C(C)(C)c7cc(C(C)(C)C)cc(C(C)(C)C)c7)ccn6)c5c4)c3)c3ccccc32)cc(C(C)(C)C)c1. The number of fused-ring (bicyclic) bond motifs is 4. The predicted octanol–water partition coefficient (Wildman–Crippen LogP) is 18.6. The molecule has 72 heavy (non-hydrogen) atoms. The molecule has 3 heterocycles. The van der Waals surface area contributed by atoms with Crippen LogP contribution in [0.1, 0.15) is 182 Å². The first kappa shape index (κ1) is 50.8. The second-order valence-corrected chi connectivity index (χ2v) is 27.3. The molecule has 0 saturated carbocycles. The van der Waals surface area contributed by atoms with Crippen molar-refractivity contribution in [3.05, 3.63) is 190 Å². The third-order valence-corrected chi connectivity index (χ3v) is 16.0. The van der Waals surface area contributed by atoms with Crippen LogP contribution >= 0.6 is 0 Å². The standard InChI is InChI=1S/C68H82N4/c1-62(2,3)44-28-30-57-56(40-44)55-29-27-46(41-60(55)72(57)61-42-47(31-32-69-61)68(18,19)52-35-48(63(4,5)6)33-49(36-52)64(7,8)9)67(16,17)45-23-22-24-53(37-45)70-43-71(59-26-21-20-25-58(59)70)54-38-50(65(10,11)12)34-51(39-54)66(13,14)15/h20-42H,43H2,1-19H3. The fourth-order valence-corrected chi connectivity index (χ4v) is 10.6. The molecular weight excluding hydrogens is 873 g/mol. The molecule has 0 amide bonds. The lowest BCUT2D eigenvalue weighted by Gasteiger charge is -2.32. The van der Waals surface area contributed by atoms with E-state index in [0.717, 1.165) is 12.5 Å². The summed E-state index contributed by atoms with van der Waals surface area (Å²) in [6.45, 7) is 45.0. The highest BCUT2D eigenvalue weighted by Crippen LogP contribution is 2.48. The third-order valence-electron chi connectivity index (χ3n) is 16.0. The number of benzene rings is 6. The number of hydrogen-bond acceptors (Lipinski definition) is 3. The van der Waals surface area contributed by atoms with E-state index < -0.39 is 0 Å². The van der Waals surface area contributed by atoms with Crippen molar-refractivity contribution in [3.63, 3.8) is 0 Å². The summed E-state index contributed by atoms with van der Waals surface area (Å²) in [4.78, 5) is 10.2. The Bertz CT molecular complexity index is 3290. The molecule has 0 radical (unpaired) electrons. The highest BCUT2D eigenvalue weighted by molar-refractivity contribution is 6.09. The zero-order valence-electron chi connectivity index (χ0n) is 47.3. The van der Waals surface area contributed by atoms with E-state index in [1.165, 1.54) is 94.6 Å². The van der Waals surface area contributed by atoms with E-state index in [-0.39, 0.29) is 37.9 Å². The lowest BCUT2D eigenvalue weighted by atomic mass is 9.72. The Hall–Kier alpha value is -6.13. The Morgan fingerprint density at radius 2 is 0.792 bits per heavy atom. The van der Waals surface area contributed by atoms with Crippen LogP contribution in [-0.2, 0) is 37.9 Å². The fraction of sp³-hybridized carbons (Fsp3) is 0.397. The zero-order chi connectivity index (χ0) is 52.3. The van der Waals surface area contributed by atoms with Gasteiger partial charge in [-0.05, 0) is 144 Å². The summed E-state index contributed by atoms with van der Waals surface area (Å²) < 4.78 is 2.42. The summed E-state index contributed by atoms with van der Waals surface area (Å²) in [6.07, 6.45) is 2.02. The minimum atomic E-state index is -0.330. The number of nitrogens with zero attached hydrogens (tertiary/aromatic N) is 4. The molecule has 0 aliphatic carbocycles. The summed E-state index contributed by atoms with van der Waals surface area (Å²) >= 11 is 0. The average Bonchev–Trinajstić information content (AvgIpc) is 3.86. The van der Waals surface area contributed by atoms with Crippen molar-refractivity contribution < 1.29 is 0 Å². The molecule has 374 valence electrons. The van der Waals surface area contributed by atoms with Crippen molar-refractivity contribution in [2.24, 2.45) is 0 Å². The molecule has 2 aromatic heterocycles. The van der Waals surface area contributed by atoms with Crippen LogP contribution in [0, 0.1) is 0 Å². The molecule has 0 unspecified atom stereocenters. The van der Waals surface area contributed by atoms with E-state index in [2.05, 4.69) is 279 Å². The van der Waals surface area contributed by atoms with Crippen LogP contribution in [0.5, 0.6) is 0 Å². The van der Waals surface area contributed by atoms with Crippen molar-refractivity contribution in [1.29, 1.82) is 0 Å². The maximum absolute atomic E-state index is 5.21. The first-order valence-corrected chi connectivity index (χ1v) is 26.5. The van der Waals surface area contributed by atoms with Gasteiger partial charge in [-0.1, -0.05) is 198 Å². The largest absolute Gasteiger partial charge is 0.321 e. The van der Waals surface area contributed by atoms with Gasteiger partial charge in [0, 0.05) is 39.2 Å². The van der Waals surface area contributed by atoms with Gasteiger partial charge in [-0.3, -0.25) is 4.57 Å². The summed E-state index contributed by atoms with van der Waals surface area (Å²) in [6, 6.07) is 51.5. The number of pyridine rings is 1. The van der Waals surface area contributed by atoms with Crippen molar-refractivity contribution in [2.45, 2.75) is 169 Å². The monoisotopic (exact) mass is 955 g/mol. The zero-order valence-corrected chi connectivity index (χ0v) is 47.3. The van der Waals surface area contributed by atoms with E-state index in [4.69, 9.17) is 4.98 Å². The van der Waals surface area contributed by atoms with Gasteiger partial charge < -0.3 is 9.80 Å². The van der Waals surface area contributed by atoms with Gasteiger partial charge in [0.2, 0.25) is 0 Å². The highest BCUT2D eigenvalue weighted by Gasteiger charge is 2.33. The number of para-hydroxylation sites is 2. The predicted molar refractivity (Wildman–Crippen MR) is 311 cm³/mol. The van der Waals surface area contributed by atoms with E-state index >= 15 is 0 Å². The van der Waals surface area contributed by atoms with E-state index in [1.54, 1.807) is 0 Å². The van der Waals surface area contributed by atoms with Crippen LogP contribution in [0.15, 0.2) is 140 Å². The lowest BCUT2D eigenvalue weighted by molar-refractivity contribution is 0.557. The molecule has 0 fully saturated rings. The normalized spacial score (nSPS) is 14.2. The van der Waals surface area contributed by atoms with Gasteiger partial charge in [0.05, 0.1) is 22.4 Å². The number of anilines is 4. The first-order chi connectivity index (χ1) is 33.3. The van der Waals surface area contributed by atoms with Gasteiger partial charge >= 0.3 is 0 Å². The molecule has 8 aromatic rings. The Labute approximate surface area is 433 Å². The van der Waals surface area contributed by atoms with Crippen LogP contribution in [-0.4, -0.2) is 16.2 Å². The topological polar surface area (TPSA) is 24.3 Å². The summed E-state index contributed by atoms with van der Waals surface area (Å²) in [7, 11) is 0. The minimum absolute atomic E-state index is 0.00394. The second kappa shape index (κ2) is 17.2. The third kappa shape index (κ3) is 9.29. The van der Waals surface area contributed by atoms with Crippen molar-refractivity contribution in [2.75, 3.05) is 16.5 Å². The number of rotatable bonds is 7. The van der Waals surface area contributed by atoms with Crippen molar-refractivity contribution in [3.8, 4) is 5.82 Å². The van der Waals surface area contributed by atoms with Gasteiger partial charge in [-0.15, -0.1) is 0 Å². The van der Waals surface area contributed by atoms with Crippen LogP contribution < -0.4 is 9.80 Å². The van der Waals surface area contributed by atoms with Crippen LogP contribution in [0.3, 0.4) is 0 Å². The number of hydrogen-bond donors (Lipinski definition) is 0. The molecule has 1 aliphatic rings. The molecule has 6 aromatic carbocycles. The molecule has 0 bridgehead atoms. The molecule has 0 saturated heterocycles. The van der Waals surface area contributed by atoms with E-state index in [1.807, 2.05) is 6.20 Å². The maximum Gasteiger partial charge on any atom is 0.137 e. The summed E-state index contributed by atoms with van der Waals surface area (Å²) in [5, 5.41) is 2.49. The van der Waals surface area contributed by atoms with E-state index in [0.29, 0.717) is 0 Å². The van der Waals surface area contributed by atoms with E-state index in [9.17, 15) is 0 Å². The highest BCUT2D eigenvalue weighted by atomic mass is 15.4. The number of aromatic nitrogens is 2. The summed E-state index contributed by atoms with van der Waals surface area (Å²) in [5.41, 5.74) is 18.6. The molecule has 1 aliphatic heterocycles. The smallest absolute Gasteiger partial charge is 0.137 e. The molecule has 0 N–H and O–H groups in total. The molecule has 0 spiro atoms. The van der Waals surface area contributed by atoms with Gasteiger partial charge in [0.25, 0.3) is 0 Å². The van der Waals surface area contributed by atoms with Crippen LogP contribution in [0.2, 0.25) is 0 Å². The molecular formula is C68H82N4. The first-order valence-electron chi connectivity index (χ1n) is 26.5. The quantitative estimate of drug-likeness (QED) is 0.159. The van der Waals surface area contributed by atoms with Crippen molar-refractivity contribution in [1.82, 2.24) is 9.55 Å². The summed E-state index contributed by atoms with van der Waals surface area (Å²) in [5.74, 6) is 0.934. The molecule has 4 heteroatoms. The van der Waals surface area contributed by atoms with Gasteiger partial charge in [0.15, 0.2) is 0 Å². The maximum atomic E-state index is 5.21. The fourth-order valence-electron chi connectivity index (χ4n) is 10.6. The Morgan fingerprint density at radius 3 is 1.35 bits per heavy atom. The van der Waals surface area contributed by atoms with Gasteiger partial charge in [-0.2, -0.15) is 0 Å². The van der Waals surface area contributed by atoms with Gasteiger partial charge in [-0.25, -0.2) is 4.98 Å². The van der Waals surface area contributed by atoms with Crippen LogP contribution in [0.25, 0.3) is 27.6 Å². The van der Waals surface area contributed by atoms with Crippen LogP contribution in [0.4, 0.5) is 22.7 Å². The second-order valence-electron chi connectivity index (χ2n) is 27.3. The Morgan fingerprint density at radius 1 is 0.333 bits per heavy atom. The Kier molecular flexibility index (Phi) is 12.2. The minimum Gasteiger partial charge on any atom is -0.321 e. The molecule has 0 atom stereocenters. The lowest BCUT2D eigenvalue weighted by Crippen LogP contribution is -2.26. The average molecular weight is 955 g/mol. The van der Waals surface area contributed by atoms with Gasteiger partial charge in [0.1, 0.15) is 12.5 Å². The Balaban J connectivity index is 1.15. The molecule has 4 nitrogen and oxygen atoms in total.